The van der Waals surface area contributed by atoms with E-state index in [-0.39, 0.29) is 5.97 Å². The van der Waals surface area contributed by atoms with Gasteiger partial charge >= 0.3 is 5.97 Å². The fraction of sp³-hybridized carbons (Fsp3) is 0.737. The van der Waals surface area contributed by atoms with Crippen molar-refractivity contribution in [1.82, 2.24) is 0 Å². The first kappa shape index (κ1) is 21.9. The van der Waals surface area contributed by atoms with Crippen molar-refractivity contribution < 1.29 is 19.7 Å². The van der Waals surface area contributed by atoms with E-state index in [4.69, 9.17) is 0 Å². The lowest BCUT2D eigenvalue weighted by atomic mass is 10.1. The van der Waals surface area contributed by atoms with Crippen LogP contribution < -0.4 is 0 Å². The molecule has 0 aliphatic carbocycles. The molecule has 0 amide bonds. The standard InChI is InChI=1S/C19H34O4/c1-3-17(20)18(21)15-13-11-9-7-5-4-6-8-10-12-14-16-19(22)23-2/h5,7,11,13,17-18,20-21H,3-4,6,8-10,12,14-16H2,1-2H3/b7-5-,13-11-/t17-,18-/m0/s1. The SMILES string of the molecule is CC[C@H](O)[C@@H](O)C/C=C\C/C=C\CCCCCCCC(=O)OC. The van der Waals surface area contributed by atoms with Gasteiger partial charge < -0.3 is 14.9 Å². The monoisotopic (exact) mass is 326 g/mol. The number of esters is 1. The largest absolute Gasteiger partial charge is 0.469 e. The van der Waals surface area contributed by atoms with Gasteiger partial charge in [0.05, 0.1) is 19.3 Å². The smallest absolute Gasteiger partial charge is 0.305 e. The van der Waals surface area contributed by atoms with Crippen molar-refractivity contribution in [2.24, 2.45) is 0 Å². The van der Waals surface area contributed by atoms with Gasteiger partial charge in [0.1, 0.15) is 0 Å². The molecule has 0 unspecified atom stereocenters. The Morgan fingerprint density at radius 2 is 1.61 bits per heavy atom. The minimum Gasteiger partial charge on any atom is -0.469 e. The molecule has 0 aliphatic heterocycles. The molecule has 0 bridgehead atoms. The van der Waals surface area contributed by atoms with Gasteiger partial charge in [-0.05, 0) is 38.5 Å². The highest BCUT2D eigenvalue weighted by Crippen LogP contribution is 2.08. The molecule has 0 aromatic heterocycles. The fourth-order valence-corrected chi connectivity index (χ4v) is 2.22. The number of rotatable bonds is 14. The van der Waals surface area contributed by atoms with E-state index in [1.807, 2.05) is 19.1 Å². The molecule has 0 aromatic rings. The van der Waals surface area contributed by atoms with Gasteiger partial charge in [0.2, 0.25) is 0 Å². The van der Waals surface area contributed by atoms with Crippen molar-refractivity contribution in [3.05, 3.63) is 24.3 Å². The van der Waals surface area contributed by atoms with Gasteiger partial charge in [0.15, 0.2) is 0 Å². The van der Waals surface area contributed by atoms with Gasteiger partial charge in [-0.1, -0.05) is 50.5 Å². The predicted molar refractivity (Wildman–Crippen MR) is 94.2 cm³/mol. The summed E-state index contributed by atoms with van der Waals surface area (Å²) < 4.78 is 4.60. The lowest BCUT2D eigenvalue weighted by molar-refractivity contribution is -0.140. The lowest BCUT2D eigenvalue weighted by Gasteiger charge is -2.13. The highest BCUT2D eigenvalue weighted by molar-refractivity contribution is 5.68. The van der Waals surface area contributed by atoms with Crippen LogP contribution in [0.15, 0.2) is 24.3 Å². The van der Waals surface area contributed by atoms with Crippen LogP contribution in [0.2, 0.25) is 0 Å². The molecule has 0 fully saturated rings. The Morgan fingerprint density at radius 1 is 0.957 bits per heavy atom. The highest BCUT2D eigenvalue weighted by Gasteiger charge is 2.11. The quantitative estimate of drug-likeness (QED) is 0.288. The molecular weight excluding hydrogens is 292 g/mol. The molecular formula is C19H34O4. The first-order chi connectivity index (χ1) is 11.1. The van der Waals surface area contributed by atoms with Crippen LogP contribution in [0.25, 0.3) is 0 Å². The maximum atomic E-state index is 10.9. The van der Waals surface area contributed by atoms with Gasteiger partial charge in [0.25, 0.3) is 0 Å². The van der Waals surface area contributed by atoms with E-state index >= 15 is 0 Å². The molecule has 0 saturated heterocycles. The van der Waals surface area contributed by atoms with E-state index in [2.05, 4.69) is 16.9 Å². The van der Waals surface area contributed by atoms with E-state index < -0.39 is 12.2 Å². The number of carbonyl (C=O) groups is 1. The molecule has 134 valence electrons. The van der Waals surface area contributed by atoms with Crippen molar-refractivity contribution in [1.29, 1.82) is 0 Å². The average molecular weight is 326 g/mol. The number of carbonyl (C=O) groups excluding carboxylic acids is 1. The Balaban J connectivity index is 3.39. The third kappa shape index (κ3) is 14.2. The van der Waals surface area contributed by atoms with Crippen LogP contribution in [0.5, 0.6) is 0 Å². The average Bonchev–Trinajstić information content (AvgIpc) is 2.57. The van der Waals surface area contributed by atoms with Crippen LogP contribution in [-0.4, -0.2) is 35.5 Å². The summed E-state index contributed by atoms with van der Waals surface area (Å²) in [6.07, 6.45) is 16.1. The summed E-state index contributed by atoms with van der Waals surface area (Å²) >= 11 is 0. The van der Waals surface area contributed by atoms with Crippen LogP contribution in [0.4, 0.5) is 0 Å². The van der Waals surface area contributed by atoms with Crippen molar-refractivity contribution in [2.45, 2.75) is 83.3 Å². The number of ether oxygens (including phenoxy) is 1. The summed E-state index contributed by atoms with van der Waals surface area (Å²) in [6.45, 7) is 1.86. The summed E-state index contributed by atoms with van der Waals surface area (Å²) in [5.74, 6) is -0.113. The summed E-state index contributed by atoms with van der Waals surface area (Å²) in [7, 11) is 1.43. The van der Waals surface area contributed by atoms with Gasteiger partial charge in [-0.2, -0.15) is 0 Å². The molecule has 0 heterocycles. The molecule has 4 heteroatoms. The predicted octanol–water partition coefficient (Wildman–Crippen LogP) is 3.91. The van der Waals surface area contributed by atoms with Crippen molar-refractivity contribution in [3.63, 3.8) is 0 Å². The topological polar surface area (TPSA) is 66.8 Å². The van der Waals surface area contributed by atoms with Gasteiger partial charge in [-0.3, -0.25) is 4.79 Å². The zero-order chi connectivity index (χ0) is 17.3. The number of hydrogen-bond acceptors (Lipinski definition) is 4. The molecule has 0 saturated carbocycles. The first-order valence-electron chi connectivity index (χ1n) is 8.84. The minimum absolute atomic E-state index is 0.113. The number of methoxy groups -OCH3 is 1. The number of aliphatic hydroxyl groups is 2. The lowest BCUT2D eigenvalue weighted by Crippen LogP contribution is -2.23. The second kappa shape index (κ2) is 15.8. The zero-order valence-electron chi connectivity index (χ0n) is 14.7. The van der Waals surface area contributed by atoms with E-state index in [9.17, 15) is 15.0 Å². The van der Waals surface area contributed by atoms with Gasteiger partial charge in [-0.25, -0.2) is 0 Å². The van der Waals surface area contributed by atoms with Crippen molar-refractivity contribution in [3.8, 4) is 0 Å². The second-order valence-electron chi connectivity index (χ2n) is 5.84. The zero-order valence-corrected chi connectivity index (χ0v) is 14.7. The summed E-state index contributed by atoms with van der Waals surface area (Å²) in [5, 5.41) is 19.0. The Bertz CT molecular complexity index is 336. The first-order valence-corrected chi connectivity index (χ1v) is 8.84. The number of allylic oxidation sites excluding steroid dienone is 3. The van der Waals surface area contributed by atoms with Crippen LogP contribution in [0, 0.1) is 0 Å². The molecule has 0 aromatic carbocycles. The number of aliphatic hydroxyl groups excluding tert-OH is 2. The van der Waals surface area contributed by atoms with E-state index in [0.29, 0.717) is 19.3 Å². The van der Waals surface area contributed by atoms with Crippen LogP contribution in [0.3, 0.4) is 0 Å². The van der Waals surface area contributed by atoms with E-state index in [0.717, 1.165) is 25.7 Å². The maximum absolute atomic E-state index is 10.9. The molecule has 2 N–H and O–H groups in total. The molecule has 0 aliphatic rings. The Kier molecular flexibility index (Phi) is 15.0. The second-order valence-corrected chi connectivity index (χ2v) is 5.84. The number of unbranched alkanes of at least 4 members (excludes halogenated alkanes) is 5. The Morgan fingerprint density at radius 3 is 2.30 bits per heavy atom. The molecule has 0 rings (SSSR count). The van der Waals surface area contributed by atoms with Crippen molar-refractivity contribution >= 4 is 5.97 Å². The molecule has 4 nitrogen and oxygen atoms in total. The molecule has 23 heavy (non-hydrogen) atoms. The summed E-state index contributed by atoms with van der Waals surface area (Å²) in [4.78, 5) is 10.9. The van der Waals surface area contributed by atoms with E-state index in [1.54, 1.807) is 0 Å². The van der Waals surface area contributed by atoms with Crippen LogP contribution in [-0.2, 0) is 9.53 Å². The van der Waals surface area contributed by atoms with Crippen LogP contribution >= 0.6 is 0 Å². The Labute approximate surface area is 141 Å². The van der Waals surface area contributed by atoms with Gasteiger partial charge in [0, 0.05) is 6.42 Å². The Hall–Kier alpha value is -1.13. The summed E-state index contributed by atoms with van der Waals surface area (Å²) in [5.41, 5.74) is 0. The molecule has 0 spiro atoms. The minimum atomic E-state index is -0.653. The normalized spacial score (nSPS) is 14.4. The maximum Gasteiger partial charge on any atom is 0.305 e. The van der Waals surface area contributed by atoms with Crippen LogP contribution in [0.1, 0.15) is 71.1 Å². The summed E-state index contributed by atoms with van der Waals surface area (Å²) in [6, 6.07) is 0. The molecule has 2 atom stereocenters. The third-order valence-electron chi connectivity index (χ3n) is 3.82. The fourth-order valence-electron chi connectivity index (χ4n) is 2.22. The number of hydrogen-bond donors (Lipinski definition) is 2. The molecule has 0 radical (unpaired) electrons. The van der Waals surface area contributed by atoms with Crippen molar-refractivity contribution in [2.75, 3.05) is 7.11 Å². The third-order valence-corrected chi connectivity index (χ3v) is 3.82. The van der Waals surface area contributed by atoms with Gasteiger partial charge in [-0.15, -0.1) is 0 Å². The van der Waals surface area contributed by atoms with E-state index in [1.165, 1.54) is 26.4 Å². The highest BCUT2D eigenvalue weighted by atomic mass is 16.5.